The highest BCUT2D eigenvalue weighted by atomic mass is 32.3. The zero-order valence-corrected chi connectivity index (χ0v) is 20.2. The molecule has 2 heterocycles. The Labute approximate surface area is 198 Å². The number of anilines is 2. The van der Waals surface area contributed by atoms with Gasteiger partial charge in [0.25, 0.3) is 0 Å². The molecule has 9 nitrogen and oxygen atoms in total. The fourth-order valence-corrected chi connectivity index (χ4v) is 6.59. The van der Waals surface area contributed by atoms with E-state index in [0.29, 0.717) is 27.2 Å². The Kier molecular flexibility index (Phi) is 6.49. The predicted molar refractivity (Wildman–Crippen MR) is 134 cm³/mol. The van der Waals surface area contributed by atoms with Crippen molar-refractivity contribution < 1.29 is 16.8 Å². The SMILES string of the molecule is CS(=O)(=O)N(c1cncc(-c2ccc3ncnc(NCCc4ccccc4)c3c2)c1)S(C)(=O)=O. The monoisotopic (exact) mass is 497 g/mol. The maximum absolute atomic E-state index is 12.1. The smallest absolute Gasteiger partial charge is 0.245 e. The van der Waals surface area contributed by atoms with Crippen LogP contribution in [0.15, 0.2) is 73.3 Å². The van der Waals surface area contributed by atoms with E-state index in [9.17, 15) is 16.8 Å². The highest BCUT2D eigenvalue weighted by Gasteiger charge is 2.27. The fraction of sp³-hybridized carbons (Fsp3) is 0.174. The summed E-state index contributed by atoms with van der Waals surface area (Å²) in [6, 6.07) is 17.1. The number of nitrogens with zero attached hydrogens (tertiary/aromatic N) is 4. The predicted octanol–water partition coefficient (Wildman–Crippen LogP) is 3.07. The second-order valence-electron chi connectivity index (χ2n) is 7.77. The molecular weight excluding hydrogens is 474 g/mol. The summed E-state index contributed by atoms with van der Waals surface area (Å²) in [5, 5.41) is 4.13. The lowest BCUT2D eigenvalue weighted by Gasteiger charge is -2.20. The number of hydrogen-bond acceptors (Lipinski definition) is 8. The maximum Gasteiger partial charge on any atom is 0.245 e. The van der Waals surface area contributed by atoms with E-state index in [-0.39, 0.29) is 5.69 Å². The first-order valence-electron chi connectivity index (χ1n) is 10.3. The first-order chi connectivity index (χ1) is 16.1. The van der Waals surface area contributed by atoms with E-state index in [0.717, 1.165) is 29.8 Å². The van der Waals surface area contributed by atoms with Crippen molar-refractivity contribution in [2.24, 2.45) is 0 Å². The van der Waals surface area contributed by atoms with Gasteiger partial charge in [0.1, 0.15) is 12.1 Å². The fourth-order valence-electron chi connectivity index (χ4n) is 3.66. The number of aromatic nitrogens is 3. The summed E-state index contributed by atoms with van der Waals surface area (Å²) >= 11 is 0. The summed E-state index contributed by atoms with van der Waals surface area (Å²) in [4.78, 5) is 12.8. The summed E-state index contributed by atoms with van der Waals surface area (Å²) in [6.07, 6.45) is 6.73. The van der Waals surface area contributed by atoms with Gasteiger partial charge in [0.15, 0.2) is 0 Å². The molecule has 0 unspecified atom stereocenters. The van der Waals surface area contributed by atoms with Crippen LogP contribution >= 0.6 is 0 Å². The minimum absolute atomic E-state index is 0.0619. The molecule has 2 aromatic heterocycles. The van der Waals surface area contributed by atoms with Gasteiger partial charge in [-0.2, -0.15) is 3.71 Å². The molecule has 0 radical (unpaired) electrons. The molecule has 0 saturated carbocycles. The van der Waals surface area contributed by atoms with Gasteiger partial charge in [-0.05, 0) is 35.7 Å². The average Bonchev–Trinajstić information content (AvgIpc) is 2.78. The van der Waals surface area contributed by atoms with Crippen molar-refractivity contribution >= 4 is 42.5 Å². The summed E-state index contributed by atoms with van der Waals surface area (Å²) in [7, 11) is -8.15. The third kappa shape index (κ3) is 5.32. The lowest BCUT2D eigenvalue weighted by atomic mass is 10.0. The largest absolute Gasteiger partial charge is 0.369 e. The first kappa shape index (κ1) is 23.6. The molecule has 4 rings (SSSR count). The van der Waals surface area contributed by atoms with Crippen molar-refractivity contribution in [3.8, 4) is 11.1 Å². The summed E-state index contributed by atoms with van der Waals surface area (Å²) in [6.45, 7) is 0.676. The maximum atomic E-state index is 12.1. The van der Waals surface area contributed by atoms with Crippen molar-refractivity contribution in [2.75, 3.05) is 28.1 Å². The van der Waals surface area contributed by atoms with Crippen molar-refractivity contribution in [3.05, 3.63) is 78.9 Å². The summed E-state index contributed by atoms with van der Waals surface area (Å²) in [5.74, 6) is 0.667. The molecule has 2 aromatic carbocycles. The first-order valence-corrected chi connectivity index (χ1v) is 14.0. The molecule has 0 spiro atoms. The number of hydrogen-bond donors (Lipinski definition) is 1. The van der Waals surface area contributed by atoms with Crippen LogP contribution in [-0.4, -0.2) is 50.8 Å². The summed E-state index contributed by atoms with van der Waals surface area (Å²) in [5.41, 5.74) is 3.14. The van der Waals surface area contributed by atoms with Gasteiger partial charge in [0.2, 0.25) is 20.0 Å². The number of fused-ring (bicyclic) bond motifs is 1. The number of pyridine rings is 1. The highest BCUT2D eigenvalue weighted by molar-refractivity contribution is 8.09. The molecular formula is C23H23N5O4S2. The van der Waals surface area contributed by atoms with Crippen molar-refractivity contribution in [1.82, 2.24) is 15.0 Å². The average molecular weight is 498 g/mol. The van der Waals surface area contributed by atoms with Crippen LogP contribution in [-0.2, 0) is 26.5 Å². The van der Waals surface area contributed by atoms with Crippen molar-refractivity contribution in [1.29, 1.82) is 0 Å². The second kappa shape index (κ2) is 9.35. The Morgan fingerprint density at radius 2 is 1.59 bits per heavy atom. The quantitative estimate of drug-likeness (QED) is 0.394. The Hall–Kier alpha value is -3.57. The number of rotatable bonds is 8. The van der Waals surface area contributed by atoms with Gasteiger partial charge in [-0.15, -0.1) is 0 Å². The highest BCUT2D eigenvalue weighted by Crippen LogP contribution is 2.30. The Bertz CT molecular complexity index is 1510. The molecule has 0 saturated heterocycles. The van der Waals surface area contributed by atoms with Crippen LogP contribution in [0.1, 0.15) is 5.56 Å². The topological polar surface area (TPSA) is 122 Å². The van der Waals surface area contributed by atoms with Crippen molar-refractivity contribution in [2.45, 2.75) is 6.42 Å². The Morgan fingerprint density at radius 3 is 2.29 bits per heavy atom. The molecule has 176 valence electrons. The minimum Gasteiger partial charge on any atom is -0.369 e. The zero-order valence-electron chi connectivity index (χ0n) is 18.6. The van der Waals surface area contributed by atoms with Crippen LogP contribution in [0, 0.1) is 0 Å². The van der Waals surface area contributed by atoms with Gasteiger partial charge in [0, 0.05) is 23.7 Å². The Morgan fingerprint density at radius 1 is 0.853 bits per heavy atom. The third-order valence-corrected chi connectivity index (χ3v) is 8.31. The molecule has 0 aliphatic rings. The molecule has 0 aliphatic heterocycles. The van der Waals surface area contributed by atoms with Gasteiger partial charge >= 0.3 is 0 Å². The summed E-state index contributed by atoms with van der Waals surface area (Å²) < 4.78 is 48.9. The molecule has 0 atom stereocenters. The lowest BCUT2D eigenvalue weighted by Crippen LogP contribution is -2.35. The third-order valence-electron chi connectivity index (χ3n) is 5.05. The van der Waals surface area contributed by atoms with Crippen LogP contribution in [0.5, 0.6) is 0 Å². The zero-order chi connectivity index (χ0) is 24.3. The van der Waals surface area contributed by atoms with Gasteiger partial charge < -0.3 is 5.32 Å². The molecule has 0 aliphatic carbocycles. The standard InChI is InChI=1S/C23H23N5O4S2/c1-33(29,30)28(34(2,31)32)20-12-19(14-24-15-20)18-8-9-22-21(13-18)23(27-16-26-22)25-11-10-17-6-4-3-5-7-17/h3-9,12-16H,10-11H2,1-2H3,(H,25,26,27). The van der Waals surface area contributed by atoms with E-state index in [2.05, 4.69) is 32.4 Å². The number of benzene rings is 2. The van der Waals surface area contributed by atoms with Crippen LogP contribution in [0.25, 0.3) is 22.0 Å². The van der Waals surface area contributed by atoms with Crippen LogP contribution in [0.3, 0.4) is 0 Å². The number of sulfonamides is 2. The van der Waals surface area contributed by atoms with E-state index in [4.69, 9.17) is 0 Å². The van der Waals surface area contributed by atoms with E-state index < -0.39 is 20.0 Å². The lowest BCUT2D eigenvalue weighted by molar-refractivity contribution is 0.590. The van der Waals surface area contributed by atoms with E-state index in [1.807, 2.05) is 36.4 Å². The van der Waals surface area contributed by atoms with Crippen LogP contribution < -0.4 is 9.03 Å². The molecule has 0 amide bonds. The van der Waals surface area contributed by atoms with Crippen molar-refractivity contribution in [3.63, 3.8) is 0 Å². The van der Waals surface area contributed by atoms with Gasteiger partial charge in [-0.3, -0.25) is 4.98 Å². The Balaban J connectivity index is 1.68. The van der Waals surface area contributed by atoms with Crippen LogP contribution in [0.2, 0.25) is 0 Å². The van der Waals surface area contributed by atoms with E-state index in [1.165, 1.54) is 24.2 Å². The van der Waals surface area contributed by atoms with Gasteiger partial charge in [-0.25, -0.2) is 26.8 Å². The van der Waals surface area contributed by atoms with Gasteiger partial charge in [-0.1, -0.05) is 36.4 Å². The normalized spacial score (nSPS) is 11.9. The molecule has 34 heavy (non-hydrogen) atoms. The van der Waals surface area contributed by atoms with Crippen LogP contribution in [0.4, 0.5) is 11.5 Å². The minimum atomic E-state index is -4.07. The van der Waals surface area contributed by atoms with E-state index >= 15 is 0 Å². The van der Waals surface area contributed by atoms with E-state index in [1.54, 1.807) is 6.20 Å². The molecule has 0 fully saturated rings. The molecule has 4 aromatic rings. The number of nitrogens with one attached hydrogen (secondary N) is 1. The molecule has 0 bridgehead atoms. The molecule has 11 heteroatoms. The van der Waals surface area contributed by atoms with Gasteiger partial charge in [0.05, 0.1) is 29.9 Å². The second-order valence-corrected chi connectivity index (χ2v) is 11.7. The molecule has 1 N–H and O–H groups in total.